The third kappa shape index (κ3) is 3.38. The molecule has 2 N–H and O–H groups in total. The first kappa shape index (κ1) is 13.7. The highest BCUT2D eigenvalue weighted by atomic mass is 32.2. The lowest BCUT2D eigenvalue weighted by Crippen LogP contribution is -2.15. The van der Waals surface area contributed by atoms with Gasteiger partial charge in [0, 0.05) is 4.90 Å². The van der Waals surface area contributed by atoms with Gasteiger partial charge in [0.2, 0.25) is 5.91 Å². The lowest BCUT2D eigenvalue weighted by atomic mass is 10.2. The number of rotatable bonds is 4. The van der Waals surface area contributed by atoms with E-state index in [4.69, 9.17) is 0 Å². The van der Waals surface area contributed by atoms with Crippen LogP contribution in [0, 0.1) is 20.8 Å². The zero-order valence-electron chi connectivity index (χ0n) is 11.3. The van der Waals surface area contributed by atoms with E-state index in [0.717, 1.165) is 22.0 Å². The Morgan fingerprint density at radius 2 is 2.05 bits per heavy atom. The number of aryl methyl sites for hydroxylation is 3. The molecule has 0 bridgehead atoms. The van der Waals surface area contributed by atoms with Crippen LogP contribution in [0.3, 0.4) is 0 Å². The number of thioether (sulfide) groups is 1. The monoisotopic (exact) mass is 275 g/mol. The lowest BCUT2D eigenvalue weighted by molar-refractivity contribution is -0.113. The van der Waals surface area contributed by atoms with Crippen LogP contribution in [0.2, 0.25) is 0 Å². The van der Waals surface area contributed by atoms with Crippen molar-refractivity contribution in [2.45, 2.75) is 25.7 Å². The van der Waals surface area contributed by atoms with E-state index in [1.54, 1.807) is 11.8 Å². The summed E-state index contributed by atoms with van der Waals surface area (Å²) in [4.78, 5) is 13.1. The van der Waals surface area contributed by atoms with Gasteiger partial charge in [-0.2, -0.15) is 5.10 Å². The Balaban J connectivity index is 1.94. The zero-order chi connectivity index (χ0) is 13.8. The third-order valence-corrected chi connectivity index (χ3v) is 4.02. The second-order valence-electron chi connectivity index (χ2n) is 4.41. The van der Waals surface area contributed by atoms with Crippen LogP contribution in [0.25, 0.3) is 0 Å². The number of benzene rings is 1. The number of hydrogen-bond acceptors (Lipinski definition) is 3. The predicted octanol–water partition coefficient (Wildman–Crippen LogP) is 3.07. The van der Waals surface area contributed by atoms with E-state index in [1.807, 2.05) is 45.0 Å². The third-order valence-electron chi connectivity index (χ3n) is 2.84. The maximum atomic E-state index is 11.9. The summed E-state index contributed by atoms with van der Waals surface area (Å²) in [6.45, 7) is 5.81. The molecule has 19 heavy (non-hydrogen) atoms. The molecule has 1 heterocycles. The summed E-state index contributed by atoms with van der Waals surface area (Å²) in [6.07, 6.45) is 0. The molecule has 0 unspecified atom stereocenters. The maximum absolute atomic E-state index is 11.9. The van der Waals surface area contributed by atoms with Gasteiger partial charge in [0.15, 0.2) is 0 Å². The first-order valence-corrected chi connectivity index (χ1v) is 7.06. The van der Waals surface area contributed by atoms with Gasteiger partial charge in [-0.1, -0.05) is 18.2 Å². The zero-order valence-corrected chi connectivity index (χ0v) is 12.1. The highest BCUT2D eigenvalue weighted by molar-refractivity contribution is 8.00. The van der Waals surface area contributed by atoms with Crippen molar-refractivity contribution in [1.82, 2.24) is 10.2 Å². The van der Waals surface area contributed by atoms with Crippen molar-refractivity contribution in [2.75, 3.05) is 11.1 Å². The number of H-pyrrole nitrogens is 1. The van der Waals surface area contributed by atoms with Gasteiger partial charge in [0.05, 0.1) is 22.8 Å². The highest BCUT2D eigenvalue weighted by Crippen LogP contribution is 2.22. The molecular weight excluding hydrogens is 258 g/mol. The molecule has 4 nitrogen and oxygen atoms in total. The van der Waals surface area contributed by atoms with E-state index in [0.29, 0.717) is 5.75 Å². The molecule has 5 heteroatoms. The molecule has 0 spiro atoms. The molecule has 1 aromatic heterocycles. The number of hydrogen-bond donors (Lipinski definition) is 2. The van der Waals surface area contributed by atoms with Crippen LogP contribution in [0.4, 0.5) is 5.69 Å². The largest absolute Gasteiger partial charge is 0.322 e. The first-order chi connectivity index (χ1) is 9.08. The van der Waals surface area contributed by atoms with Crippen LogP contribution < -0.4 is 5.32 Å². The Hall–Kier alpha value is -1.75. The number of carbonyl (C=O) groups excluding carboxylic acids is 1. The summed E-state index contributed by atoms with van der Waals surface area (Å²) in [5.41, 5.74) is 3.67. The maximum Gasteiger partial charge on any atom is 0.234 e. The van der Waals surface area contributed by atoms with E-state index in [2.05, 4.69) is 15.5 Å². The molecule has 0 saturated heterocycles. The second kappa shape index (κ2) is 5.93. The fraction of sp³-hybridized carbons (Fsp3) is 0.286. The fourth-order valence-electron chi connectivity index (χ4n) is 1.77. The Bertz CT molecular complexity index is 573. The van der Waals surface area contributed by atoms with Crippen molar-refractivity contribution < 1.29 is 4.79 Å². The minimum Gasteiger partial charge on any atom is -0.322 e. The van der Waals surface area contributed by atoms with E-state index in [1.165, 1.54) is 5.56 Å². The summed E-state index contributed by atoms with van der Waals surface area (Å²) >= 11 is 1.55. The molecule has 0 aliphatic rings. The second-order valence-corrected chi connectivity index (χ2v) is 5.43. The fourth-order valence-corrected chi connectivity index (χ4v) is 2.60. The van der Waals surface area contributed by atoms with Gasteiger partial charge in [0.25, 0.3) is 0 Å². The molecular formula is C14H17N3OS. The van der Waals surface area contributed by atoms with Gasteiger partial charge >= 0.3 is 0 Å². The molecule has 100 valence electrons. The number of amides is 1. The summed E-state index contributed by atoms with van der Waals surface area (Å²) < 4.78 is 0. The Labute approximate surface area is 117 Å². The summed E-state index contributed by atoms with van der Waals surface area (Å²) in [5, 5.41) is 9.80. The number of carbonyl (C=O) groups is 1. The molecule has 2 rings (SSSR count). The molecule has 0 atom stereocenters. The molecule has 0 aliphatic heterocycles. The lowest BCUT2D eigenvalue weighted by Gasteiger charge is -2.06. The number of nitrogens with zero attached hydrogens (tertiary/aromatic N) is 1. The SMILES string of the molecule is Cc1ccccc1SCC(=O)Nc1c(C)n[nH]c1C. The summed E-state index contributed by atoms with van der Waals surface area (Å²) in [7, 11) is 0. The Morgan fingerprint density at radius 3 is 2.68 bits per heavy atom. The minimum atomic E-state index is -0.0131. The molecule has 0 fully saturated rings. The quantitative estimate of drug-likeness (QED) is 0.843. The topological polar surface area (TPSA) is 57.8 Å². The van der Waals surface area contributed by atoms with Gasteiger partial charge in [-0.15, -0.1) is 11.8 Å². The van der Waals surface area contributed by atoms with Crippen molar-refractivity contribution >= 4 is 23.4 Å². The standard InChI is InChI=1S/C14H17N3OS/c1-9-6-4-5-7-12(9)19-8-13(18)15-14-10(2)16-17-11(14)3/h4-7H,8H2,1-3H3,(H,15,18)(H,16,17). The van der Waals surface area contributed by atoms with Crippen molar-refractivity contribution in [2.24, 2.45) is 0 Å². The molecule has 0 saturated carbocycles. The number of anilines is 1. The van der Waals surface area contributed by atoms with Crippen LogP contribution in [0.15, 0.2) is 29.2 Å². The van der Waals surface area contributed by atoms with Crippen molar-refractivity contribution in [1.29, 1.82) is 0 Å². The number of aromatic nitrogens is 2. The molecule has 2 aromatic rings. The van der Waals surface area contributed by atoms with Crippen LogP contribution >= 0.6 is 11.8 Å². The molecule has 0 aliphatic carbocycles. The van der Waals surface area contributed by atoms with Gasteiger partial charge < -0.3 is 5.32 Å². The van der Waals surface area contributed by atoms with Gasteiger partial charge in [-0.3, -0.25) is 9.89 Å². The highest BCUT2D eigenvalue weighted by Gasteiger charge is 2.10. The van der Waals surface area contributed by atoms with Crippen molar-refractivity contribution in [3.8, 4) is 0 Å². The smallest absolute Gasteiger partial charge is 0.234 e. The van der Waals surface area contributed by atoms with Crippen molar-refractivity contribution in [3.63, 3.8) is 0 Å². The Kier molecular flexibility index (Phi) is 4.27. The van der Waals surface area contributed by atoms with Crippen LogP contribution in [-0.2, 0) is 4.79 Å². The number of aromatic amines is 1. The van der Waals surface area contributed by atoms with Crippen LogP contribution in [0.5, 0.6) is 0 Å². The van der Waals surface area contributed by atoms with Crippen LogP contribution in [-0.4, -0.2) is 21.9 Å². The average Bonchev–Trinajstić information content (AvgIpc) is 2.70. The van der Waals surface area contributed by atoms with E-state index < -0.39 is 0 Å². The van der Waals surface area contributed by atoms with Crippen molar-refractivity contribution in [3.05, 3.63) is 41.2 Å². The predicted molar refractivity (Wildman–Crippen MR) is 78.6 cm³/mol. The summed E-state index contributed by atoms with van der Waals surface area (Å²) in [5.74, 6) is 0.385. The summed E-state index contributed by atoms with van der Waals surface area (Å²) in [6, 6.07) is 8.06. The van der Waals surface area contributed by atoms with E-state index in [9.17, 15) is 4.79 Å². The van der Waals surface area contributed by atoms with Gasteiger partial charge in [-0.05, 0) is 32.4 Å². The Morgan fingerprint density at radius 1 is 1.32 bits per heavy atom. The molecule has 0 radical (unpaired) electrons. The average molecular weight is 275 g/mol. The first-order valence-electron chi connectivity index (χ1n) is 6.08. The molecule has 1 aromatic carbocycles. The number of nitrogens with one attached hydrogen (secondary N) is 2. The van der Waals surface area contributed by atoms with Crippen LogP contribution in [0.1, 0.15) is 17.0 Å². The van der Waals surface area contributed by atoms with Gasteiger partial charge in [0.1, 0.15) is 0 Å². The van der Waals surface area contributed by atoms with Gasteiger partial charge in [-0.25, -0.2) is 0 Å². The van der Waals surface area contributed by atoms with E-state index >= 15 is 0 Å². The normalized spacial score (nSPS) is 10.5. The molecule has 1 amide bonds. The minimum absolute atomic E-state index is 0.0131. The van der Waals surface area contributed by atoms with E-state index in [-0.39, 0.29) is 5.91 Å².